The van der Waals surface area contributed by atoms with Crippen molar-refractivity contribution in [2.75, 3.05) is 0 Å². The molecule has 0 radical (unpaired) electrons. The number of aliphatic hydroxyl groups is 1. The lowest BCUT2D eigenvalue weighted by Crippen LogP contribution is -2.15. The van der Waals surface area contributed by atoms with E-state index in [0.717, 1.165) is 18.4 Å². The van der Waals surface area contributed by atoms with Crippen molar-refractivity contribution in [2.24, 2.45) is 0 Å². The van der Waals surface area contributed by atoms with E-state index in [-0.39, 0.29) is 0 Å². The molecule has 1 fully saturated rings. The van der Waals surface area contributed by atoms with Crippen LogP contribution in [0.4, 0.5) is 0 Å². The number of aliphatic carboxylic acids is 1. The number of hydrogen-bond donors (Lipinski definition) is 2. The summed E-state index contributed by atoms with van der Waals surface area (Å²) in [5.74, 6) is -0.762. The van der Waals surface area contributed by atoms with Crippen LogP contribution >= 0.6 is 0 Å². The lowest BCUT2D eigenvalue weighted by atomic mass is 9.81. The van der Waals surface area contributed by atoms with Crippen molar-refractivity contribution in [1.29, 1.82) is 0 Å². The maximum atomic E-state index is 10.9. The van der Waals surface area contributed by atoms with Gasteiger partial charge in [-0.05, 0) is 29.9 Å². The average molecular weight is 234 g/mol. The van der Waals surface area contributed by atoms with Crippen LogP contribution in [0, 0.1) is 0 Å². The van der Waals surface area contributed by atoms with E-state index in [9.17, 15) is 9.90 Å². The molecule has 1 aliphatic rings. The van der Waals surface area contributed by atoms with Crippen molar-refractivity contribution in [3.63, 3.8) is 0 Å². The van der Waals surface area contributed by atoms with Gasteiger partial charge in [-0.15, -0.1) is 0 Å². The van der Waals surface area contributed by atoms with Gasteiger partial charge in [0.05, 0.1) is 0 Å². The maximum absolute atomic E-state index is 10.9. The Morgan fingerprint density at radius 3 is 2.47 bits per heavy atom. The molecule has 0 aromatic heterocycles. The minimum atomic E-state index is -1.40. The number of carboxylic acids is 1. The first-order chi connectivity index (χ1) is 8.20. The van der Waals surface area contributed by atoms with Crippen LogP contribution < -0.4 is 0 Å². The Hall–Kier alpha value is -1.35. The highest BCUT2D eigenvalue weighted by atomic mass is 16.4. The fraction of sp³-hybridized carbons (Fsp3) is 0.500. The third-order valence-corrected chi connectivity index (χ3v) is 3.57. The van der Waals surface area contributed by atoms with Gasteiger partial charge >= 0.3 is 5.97 Å². The summed E-state index contributed by atoms with van der Waals surface area (Å²) in [7, 11) is 0. The molecule has 17 heavy (non-hydrogen) atoms. The van der Waals surface area contributed by atoms with Gasteiger partial charge in [0.1, 0.15) is 0 Å². The molecule has 0 amide bonds. The number of carboxylic acid groups (broad SMARTS) is 1. The summed E-state index contributed by atoms with van der Waals surface area (Å²) in [6, 6.07) is 7.38. The minimum Gasteiger partial charge on any atom is -0.479 e. The Kier molecular flexibility index (Phi) is 3.79. The topological polar surface area (TPSA) is 57.5 Å². The summed E-state index contributed by atoms with van der Waals surface area (Å²) in [6.07, 6.45) is 4.46. The molecular weight excluding hydrogens is 216 g/mol. The van der Waals surface area contributed by atoms with Gasteiger partial charge < -0.3 is 10.2 Å². The van der Waals surface area contributed by atoms with E-state index >= 15 is 0 Å². The van der Waals surface area contributed by atoms with Gasteiger partial charge in [-0.2, -0.15) is 0 Å². The summed E-state index contributed by atoms with van der Waals surface area (Å²) < 4.78 is 0. The second-order valence-electron chi connectivity index (χ2n) is 4.70. The zero-order valence-corrected chi connectivity index (χ0v) is 9.80. The van der Waals surface area contributed by atoms with Crippen LogP contribution in [0.15, 0.2) is 24.3 Å². The first kappa shape index (κ1) is 12.1. The predicted octanol–water partition coefficient (Wildman–Crippen LogP) is 2.85. The molecule has 2 rings (SSSR count). The molecule has 0 saturated heterocycles. The summed E-state index contributed by atoms with van der Waals surface area (Å²) in [4.78, 5) is 10.9. The predicted molar refractivity (Wildman–Crippen MR) is 64.9 cm³/mol. The van der Waals surface area contributed by atoms with E-state index in [1.165, 1.54) is 19.3 Å². The number of benzene rings is 1. The molecule has 0 aliphatic heterocycles. The lowest BCUT2D eigenvalue weighted by Gasteiger charge is -2.25. The zero-order valence-electron chi connectivity index (χ0n) is 9.80. The third kappa shape index (κ3) is 2.67. The van der Waals surface area contributed by atoms with Crippen molar-refractivity contribution in [3.05, 3.63) is 35.4 Å². The summed E-state index contributed by atoms with van der Waals surface area (Å²) in [5, 5.41) is 18.6. The van der Waals surface area contributed by atoms with Crippen molar-refractivity contribution in [2.45, 2.75) is 44.1 Å². The van der Waals surface area contributed by atoms with E-state index in [4.69, 9.17) is 5.11 Å². The molecular formula is C14H18O3. The monoisotopic (exact) mass is 234 g/mol. The second-order valence-corrected chi connectivity index (χ2v) is 4.70. The van der Waals surface area contributed by atoms with Crippen molar-refractivity contribution >= 4 is 5.97 Å². The second kappa shape index (κ2) is 5.32. The highest BCUT2D eigenvalue weighted by Crippen LogP contribution is 2.36. The van der Waals surface area contributed by atoms with Gasteiger partial charge in [-0.25, -0.2) is 4.79 Å². The van der Waals surface area contributed by atoms with Gasteiger partial charge in [-0.3, -0.25) is 0 Å². The van der Waals surface area contributed by atoms with E-state index in [1.807, 2.05) is 12.1 Å². The smallest absolute Gasteiger partial charge is 0.337 e. The Morgan fingerprint density at radius 2 is 1.82 bits per heavy atom. The molecule has 1 saturated carbocycles. The largest absolute Gasteiger partial charge is 0.479 e. The Bertz CT molecular complexity index is 394. The van der Waals surface area contributed by atoms with Crippen LogP contribution in [-0.4, -0.2) is 16.2 Å². The van der Waals surface area contributed by atoms with Crippen LogP contribution in [0.5, 0.6) is 0 Å². The van der Waals surface area contributed by atoms with Crippen molar-refractivity contribution in [1.82, 2.24) is 0 Å². The normalized spacial score (nSPS) is 18.9. The third-order valence-electron chi connectivity index (χ3n) is 3.57. The van der Waals surface area contributed by atoms with Gasteiger partial charge in [0.15, 0.2) is 6.10 Å². The molecule has 1 aromatic carbocycles. The Labute approximate surface area is 101 Å². The van der Waals surface area contributed by atoms with Crippen LogP contribution in [0.1, 0.15) is 55.3 Å². The number of aliphatic hydroxyl groups excluding tert-OH is 1. The van der Waals surface area contributed by atoms with Crippen LogP contribution in [-0.2, 0) is 4.79 Å². The fourth-order valence-electron chi connectivity index (χ4n) is 2.68. The SMILES string of the molecule is O=C(O)[C@@H](O)c1ccccc1C1CCCCC1. The van der Waals surface area contributed by atoms with Crippen LogP contribution in [0.2, 0.25) is 0 Å². The van der Waals surface area contributed by atoms with Crippen LogP contribution in [0.25, 0.3) is 0 Å². The van der Waals surface area contributed by atoms with E-state index in [2.05, 4.69) is 0 Å². The first-order valence-corrected chi connectivity index (χ1v) is 6.20. The highest BCUT2D eigenvalue weighted by molar-refractivity contribution is 5.74. The van der Waals surface area contributed by atoms with Gasteiger partial charge in [-0.1, -0.05) is 43.5 Å². The lowest BCUT2D eigenvalue weighted by molar-refractivity contribution is -0.147. The van der Waals surface area contributed by atoms with E-state index < -0.39 is 12.1 Å². The van der Waals surface area contributed by atoms with Crippen molar-refractivity contribution in [3.8, 4) is 0 Å². The maximum Gasteiger partial charge on any atom is 0.337 e. The molecule has 0 bridgehead atoms. The highest BCUT2D eigenvalue weighted by Gasteiger charge is 2.24. The summed E-state index contributed by atoms with van der Waals surface area (Å²) in [5.41, 5.74) is 1.58. The van der Waals surface area contributed by atoms with Crippen molar-refractivity contribution < 1.29 is 15.0 Å². The molecule has 1 aromatic rings. The summed E-state index contributed by atoms with van der Waals surface area (Å²) >= 11 is 0. The molecule has 1 atom stereocenters. The minimum absolute atomic E-state index is 0.411. The molecule has 1 aliphatic carbocycles. The fourth-order valence-corrected chi connectivity index (χ4v) is 2.68. The Morgan fingerprint density at radius 1 is 1.18 bits per heavy atom. The zero-order chi connectivity index (χ0) is 12.3. The van der Waals surface area contributed by atoms with Gasteiger partial charge in [0.25, 0.3) is 0 Å². The number of hydrogen-bond acceptors (Lipinski definition) is 2. The molecule has 92 valence electrons. The van der Waals surface area contributed by atoms with Gasteiger partial charge in [0.2, 0.25) is 0 Å². The van der Waals surface area contributed by atoms with Crippen LogP contribution in [0.3, 0.4) is 0 Å². The quantitative estimate of drug-likeness (QED) is 0.845. The standard InChI is InChI=1S/C14H18O3/c15-13(14(16)17)12-9-5-4-8-11(12)10-6-2-1-3-7-10/h4-5,8-10,13,15H,1-3,6-7H2,(H,16,17)/t13-/m0/s1. The van der Waals surface area contributed by atoms with Gasteiger partial charge in [0, 0.05) is 0 Å². The molecule has 0 unspecified atom stereocenters. The molecule has 3 heteroatoms. The molecule has 0 heterocycles. The number of rotatable bonds is 3. The molecule has 2 N–H and O–H groups in total. The average Bonchev–Trinajstić information content (AvgIpc) is 2.39. The van der Waals surface area contributed by atoms with E-state index in [0.29, 0.717) is 11.5 Å². The van der Waals surface area contributed by atoms with E-state index in [1.54, 1.807) is 12.1 Å². The molecule has 3 nitrogen and oxygen atoms in total. The Balaban J connectivity index is 2.29. The first-order valence-electron chi connectivity index (χ1n) is 6.20. The summed E-state index contributed by atoms with van der Waals surface area (Å²) in [6.45, 7) is 0. The molecule has 0 spiro atoms. The number of carbonyl (C=O) groups is 1.